The minimum atomic E-state index is 0.412. The normalized spacial score (nSPS) is 34.1. The monoisotopic (exact) mass is 240 g/mol. The van der Waals surface area contributed by atoms with Crippen molar-refractivity contribution in [2.24, 2.45) is 11.7 Å². The molecule has 2 heterocycles. The molecule has 2 aliphatic heterocycles. The summed E-state index contributed by atoms with van der Waals surface area (Å²) >= 11 is 0. The third kappa shape index (κ3) is 3.65. The zero-order valence-electron chi connectivity index (χ0n) is 11.4. The van der Waals surface area contributed by atoms with Gasteiger partial charge in [0.2, 0.25) is 0 Å². The number of hydrogen-bond donors (Lipinski definition) is 1. The van der Waals surface area contributed by atoms with Gasteiger partial charge in [-0.1, -0.05) is 6.92 Å². The summed E-state index contributed by atoms with van der Waals surface area (Å²) in [4.78, 5) is 7.57. The maximum Gasteiger partial charge on any atom is 0.0110 e. The number of piperidine rings is 1. The van der Waals surface area contributed by atoms with Crippen molar-refractivity contribution in [2.45, 2.75) is 19.4 Å². The number of likely N-dealkylation sites (N-methyl/N-ethyl adjacent to an activating group) is 1. The number of nitrogens with two attached hydrogens (primary N) is 1. The Morgan fingerprint density at radius 1 is 1.06 bits per heavy atom. The molecule has 0 aliphatic carbocycles. The van der Waals surface area contributed by atoms with E-state index in [4.69, 9.17) is 5.73 Å². The Labute approximate surface area is 106 Å². The Morgan fingerprint density at radius 2 is 1.71 bits per heavy atom. The van der Waals surface area contributed by atoms with Gasteiger partial charge in [0.25, 0.3) is 0 Å². The van der Waals surface area contributed by atoms with Crippen LogP contribution in [0.1, 0.15) is 13.3 Å². The van der Waals surface area contributed by atoms with E-state index in [0.717, 1.165) is 6.42 Å². The SMILES string of the molecule is CCN1CCN(CC2CN(C)CCC2N)CC1. The molecule has 0 spiro atoms. The molecule has 100 valence electrons. The second kappa shape index (κ2) is 6.14. The molecule has 0 aromatic heterocycles. The van der Waals surface area contributed by atoms with Crippen LogP contribution in [0.25, 0.3) is 0 Å². The van der Waals surface area contributed by atoms with Crippen LogP contribution in [0.3, 0.4) is 0 Å². The molecule has 2 saturated heterocycles. The Hall–Kier alpha value is -0.160. The van der Waals surface area contributed by atoms with Crippen molar-refractivity contribution >= 4 is 0 Å². The fourth-order valence-corrected chi connectivity index (χ4v) is 3.05. The molecule has 0 radical (unpaired) electrons. The Balaban J connectivity index is 1.76. The lowest BCUT2D eigenvalue weighted by atomic mass is 9.92. The highest BCUT2D eigenvalue weighted by Gasteiger charge is 2.27. The Morgan fingerprint density at radius 3 is 2.35 bits per heavy atom. The van der Waals surface area contributed by atoms with Gasteiger partial charge in [-0.05, 0) is 32.5 Å². The average molecular weight is 240 g/mol. The summed E-state index contributed by atoms with van der Waals surface area (Å²) in [5.74, 6) is 0.668. The summed E-state index contributed by atoms with van der Waals surface area (Å²) in [7, 11) is 2.22. The van der Waals surface area contributed by atoms with Crippen molar-refractivity contribution in [3.8, 4) is 0 Å². The first kappa shape index (κ1) is 13.3. The molecule has 2 unspecified atom stereocenters. The van der Waals surface area contributed by atoms with E-state index < -0.39 is 0 Å². The summed E-state index contributed by atoms with van der Waals surface area (Å²) in [6.07, 6.45) is 1.16. The van der Waals surface area contributed by atoms with E-state index in [1.54, 1.807) is 0 Å². The molecule has 2 fully saturated rings. The van der Waals surface area contributed by atoms with E-state index in [1.807, 2.05) is 0 Å². The topological polar surface area (TPSA) is 35.7 Å². The zero-order chi connectivity index (χ0) is 12.3. The van der Waals surface area contributed by atoms with Crippen LogP contribution in [-0.2, 0) is 0 Å². The first-order valence-corrected chi connectivity index (χ1v) is 7.08. The second-order valence-electron chi connectivity index (χ2n) is 5.71. The summed E-state index contributed by atoms with van der Waals surface area (Å²) < 4.78 is 0. The van der Waals surface area contributed by atoms with Crippen molar-refractivity contribution < 1.29 is 0 Å². The molecule has 2 rings (SSSR count). The lowest BCUT2D eigenvalue weighted by molar-refractivity contribution is 0.0905. The van der Waals surface area contributed by atoms with Crippen molar-refractivity contribution in [1.82, 2.24) is 14.7 Å². The van der Waals surface area contributed by atoms with Gasteiger partial charge in [-0.2, -0.15) is 0 Å². The molecular formula is C13H28N4. The standard InChI is InChI=1S/C13H28N4/c1-3-16-6-8-17(9-7-16)11-12-10-15(2)5-4-13(12)14/h12-13H,3-11,14H2,1-2H3. The minimum absolute atomic E-state index is 0.412. The number of likely N-dealkylation sites (tertiary alicyclic amines) is 1. The Bertz CT molecular complexity index is 225. The van der Waals surface area contributed by atoms with Crippen LogP contribution in [0.4, 0.5) is 0 Å². The summed E-state index contributed by atoms with van der Waals surface area (Å²) in [5, 5.41) is 0. The van der Waals surface area contributed by atoms with Crippen LogP contribution < -0.4 is 5.73 Å². The molecule has 17 heavy (non-hydrogen) atoms. The quantitative estimate of drug-likeness (QED) is 0.747. The number of nitrogens with zero attached hydrogens (tertiary/aromatic N) is 3. The Kier molecular flexibility index (Phi) is 4.79. The van der Waals surface area contributed by atoms with Gasteiger partial charge in [0.05, 0.1) is 0 Å². The van der Waals surface area contributed by atoms with Crippen LogP contribution >= 0.6 is 0 Å². The summed E-state index contributed by atoms with van der Waals surface area (Å²) in [6.45, 7) is 11.9. The molecule has 2 atom stereocenters. The first-order valence-electron chi connectivity index (χ1n) is 7.08. The average Bonchev–Trinajstić information content (AvgIpc) is 2.35. The zero-order valence-corrected chi connectivity index (χ0v) is 11.4. The molecule has 2 N–H and O–H groups in total. The van der Waals surface area contributed by atoms with E-state index in [0.29, 0.717) is 12.0 Å². The van der Waals surface area contributed by atoms with Crippen LogP contribution in [0.15, 0.2) is 0 Å². The lowest BCUT2D eigenvalue weighted by Gasteiger charge is -2.40. The lowest BCUT2D eigenvalue weighted by Crippen LogP contribution is -2.53. The number of rotatable bonds is 3. The summed E-state index contributed by atoms with van der Waals surface area (Å²) in [5.41, 5.74) is 6.25. The van der Waals surface area contributed by atoms with E-state index in [-0.39, 0.29) is 0 Å². The van der Waals surface area contributed by atoms with Gasteiger partial charge < -0.3 is 20.4 Å². The predicted molar refractivity (Wildman–Crippen MR) is 72.1 cm³/mol. The van der Waals surface area contributed by atoms with Gasteiger partial charge in [-0.15, -0.1) is 0 Å². The van der Waals surface area contributed by atoms with E-state index >= 15 is 0 Å². The smallest absolute Gasteiger partial charge is 0.0110 e. The highest BCUT2D eigenvalue weighted by molar-refractivity contribution is 4.85. The van der Waals surface area contributed by atoms with Crippen molar-refractivity contribution in [1.29, 1.82) is 0 Å². The fraction of sp³-hybridized carbons (Fsp3) is 1.00. The second-order valence-corrected chi connectivity index (χ2v) is 5.71. The van der Waals surface area contributed by atoms with Crippen LogP contribution in [0, 0.1) is 5.92 Å². The highest BCUT2D eigenvalue weighted by Crippen LogP contribution is 2.16. The molecule has 0 saturated carbocycles. The third-order valence-corrected chi connectivity index (χ3v) is 4.40. The minimum Gasteiger partial charge on any atom is -0.327 e. The third-order valence-electron chi connectivity index (χ3n) is 4.40. The van der Waals surface area contributed by atoms with Gasteiger partial charge in [-0.25, -0.2) is 0 Å². The van der Waals surface area contributed by atoms with E-state index in [2.05, 4.69) is 28.7 Å². The van der Waals surface area contributed by atoms with Gasteiger partial charge in [0.1, 0.15) is 0 Å². The highest BCUT2D eigenvalue weighted by atomic mass is 15.3. The molecule has 4 nitrogen and oxygen atoms in total. The maximum absolute atomic E-state index is 6.25. The molecule has 0 aromatic rings. The van der Waals surface area contributed by atoms with Crippen molar-refractivity contribution in [3.05, 3.63) is 0 Å². The molecule has 0 amide bonds. The maximum atomic E-state index is 6.25. The number of hydrogen-bond acceptors (Lipinski definition) is 4. The molecule has 4 heteroatoms. The molecule has 0 bridgehead atoms. The van der Waals surface area contributed by atoms with Gasteiger partial charge >= 0.3 is 0 Å². The van der Waals surface area contributed by atoms with Crippen LogP contribution in [0.5, 0.6) is 0 Å². The van der Waals surface area contributed by atoms with E-state index in [9.17, 15) is 0 Å². The molecule has 0 aromatic carbocycles. The first-order chi connectivity index (χ1) is 8.19. The predicted octanol–water partition coefficient (Wildman–Crippen LogP) is -0.0971. The van der Waals surface area contributed by atoms with Crippen molar-refractivity contribution in [3.63, 3.8) is 0 Å². The van der Waals surface area contributed by atoms with Gasteiger partial charge in [0, 0.05) is 45.3 Å². The summed E-state index contributed by atoms with van der Waals surface area (Å²) in [6, 6.07) is 0.412. The van der Waals surface area contributed by atoms with Crippen LogP contribution in [0.2, 0.25) is 0 Å². The number of piperazine rings is 1. The van der Waals surface area contributed by atoms with E-state index in [1.165, 1.54) is 52.4 Å². The van der Waals surface area contributed by atoms with Crippen LogP contribution in [-0.4, -0.2) is 80.1 Å². The molecular weight excluding hydrogens is 212 g/mol. The van der Waals surface area contributed by atoms with Gasteiger partial charge in [0.15, 0.2) is 0 Å². The largest absolute Gasteiger partial charge is 0.327 e. The van der Waals surface area contributed by atoms with Gasteiger partial charge in [-0.3, -0.25) is 0 Å². The fourth-order valence-electron chi connectivity index (χ4n) is 3.05. The molecule has 2 aliphatic rings. The van der Waals surface area contributed by atoms with Crippen molar-refractivity contribution in [2.75, 3.05) is 59.4 Å².